The zero-order valence-corrected chi connectivity index (χ0v) is 17.8. The highest BCUT2D eigenvalue weighted by atomic mass is 19.4. The van der Waals surface area contributed by atoms with E-state index in [0.717, 1.165) is 49.7 Å². The average Bonchev–Trinajstić information content (AvgIpc) is 3.62. The number of amides is 2. The molecule has 3 heterocycles. The lowest BCUT2D eigenvalue weighted by Crippen LogP contribution is -2.64. The summed E-state index contributed by atoms with van der Waals surface area (Å²) < 4.78 is 51.7. The molecule has 7 nitrogen and oxygen atoms in total. The van der Waals surface area contributed by atoms with Crippen molar-refractivity contribution in [3.05, 3.63) is 46.8 Å². The second-order valence-corrected chi connectivity index (χ2v) is 9.96. The van der Waals surface area contributed by atoms with Crippen molar-refractivity contribution < 1.29 is 22.4 Å². The summed E-state index contributed by atoms with van der Waals surface area (Å²) in [6.45, 7) is 2.19. The molecule has 1 atom stereocenters. The highest BCUT2D eigenvalue weighted by Gasteiger charge is 2.57. The van der Waals surface area contributed by atoms with Crippen molar-refractivity contribution in [1.29, 1.82) is 0 Å². The van der Waals surface area contributed by atoms with Crippen LogP contribution in [0, 0.1) is 11.2 Å². The maximum absolute atomic E-state index is 13.7. The SMILES string of the molecule is O=C(N1CC2(CC(c3n[nH]c(C4CC4)n3)C2)C1)N1CC1NCc1ccc(C(F)(F)F)c(F)c1. The number of urea groups is 1. The van der Waals surface area contributed by atoms with Gasteiger partial charge in [0, 0.05) is 36.9 Å². The normalized spacial score (nSPS) is 24.1. The molecule has 1 unspecified atom stereocenters. The molecule has 1 aromatic carbocycles. The highest BCUT2D eigenvalue weighted by Crippen LogP contribution is 2.56. The van der Waals surface area contributed by atoms with Gasteiger partial charge in [0.1, 0.15) is 17.8 Å². The largest absolute Gasteiger partial charge is 0.419 e. The quantitative estimate of drug-likeness (QED) is 0.524. The van der Waals surface area contributed by atoms with Crippen LogP contribution in [-0.2, 0) is 12.7 Å². The van der Waals surface area contributed by atoms with E-state index in [0.29, 0.717) is 23.9 Å². The standard InChI is InChI=1S/C22H24F4N6O/c23-16-5-12(1-4-15(16)22(24,25)26)8-27-17-9-32(17)20(33)31-10-21(11-31)6-14(7-21)19-28-18(29-30-19)13-2-3-13/h1,4-5,13-14,17,27H,2-3,6-11H2,(H,28,29,30). The minimum Gasteiger partial charge on any atom is -0.323 e. The Morgan fingerprint density at radius 1 is 1.21 bits per heavy atom. The number of alkyl halides is 3. The molecule has 2 saturated carbocycles. The summed E-state index contributed by atoms with van der Waals surface area (Å²) in [5, 5.41) is 10.5. The van der Waals surface area contributed by atoms with Gasteiger partial charge in [0.15, 0.2) is 5.82 Å². The van der Waals surface area contributed by atoms with Crippen LogP contribution >= 0.6 is 0 Å². The van der Waals surface area contributed by atoms with Crippen molar-refractivity contribution in [2.24, 2.45) is 5.41 Å². The number of nitrogens with one attached hydrogen (secondary N) is 2. The molecule has 1 spiro atoms. The van der Waals surface area contributed by atoms with Crippen LogP contribution in [0.25, 0.3) is 0 Å². The fourth-order valence-corrected chi connectivity index (χ4v) is 5.18. The molecule has 1 aromatic heterocycles. The van der Waals surface area contributed by atoms with E-state index in [2.05, 4.69) is 20.5 Å². The molecular formula is C22H24F4N6O. The minimum absolute atomic E-state index is 0.0333. The number of halogens is 4. The molecule has 0 bridgehead atoms. The first-order valence-corrected chi connectivity index (χ1v) is 11.3. The van der Waals surface area contributed by atoms with Crippen molar-refractivity contribution in [2.75, 3.05) is 19.6 Å². The third kappa shape index (κ3) is 3.85. The Bertz CT molecular complexity index is 1080. The van der Waals surface area contributed by atoms with Crippen molar-refractivity contribution in [1.82, 2.24) is 30.3 Å². The van der Waals surface area contributed by atoms with Crippen LogP contribution in [0.1, 0.15) is 60.3 Å². The van der Waals surface area contributed by atoms with Gasteiger partial charge in [0.05, 0.1) is 12.1 Å². The van der Waals surface area contributed by atoms with Crippen LogP contribution in [0.2, 0.25) is 0 Å². The maximum Gasteiger partial charge on any atom is 0.419 e. The molecule has 2 N–H and O–H groups in total. The molecule has 11 heteroatoms. The first-order chi connectivity index (χ1) is 15.7. The van der Waals surface area contributed by atoms with E-state index in [1.807, 2.05) is 4.90 Å². The summed E-state index contributed by atoms with van der Waals surface area (Å²) >= 11 is 0. The monoisotopic (exact) mass is 464 g/mol. The second kappa shape index (κ2) is 7.15. The number of H-pyrrole nitrogens is 1. The van der Waals surface area contributed by atoms with E-state index in [-0.39, 0.29) is 24.2 Å². The fourth-order valence-electron chi connectivity index (χ4n) is 5.18. The van der Waals surface area contributed by atoms with Crippen molar-refractivity contribution >= 4 is 6.03 Å². The minimum atomic E-state index is -4.71. The molecular weight excluding hydrogens is 440 g/mol. The molecule has 4 fully saturated rings. The van der Waals surface area contributed by atoms with Crippen LogP contribution in [-0.4, -0.2) is 56.8 Å². The second-order valence-electron chi connectivity index (χ2n) is 9.96. The first kappa shape index (κ1) is 20.9. The Balaban J connectivity index is 0.948. The smallest absolute Gasteiger partial charge is 0.323 e. The van der Waals surface area contributed by atoms with Crippen LogP contribution < -0.4 is 5.32 Å². The van der Waals surface area contributed by atoms with E-state index in [1.54, 1.807) is 4.90 Å². The number of hydrogen-bond acceptors (Lipinski definition) is 4. The van der Waals surface area contributed by atoms with Gasteiger partial charge in [-0.1, -0.05) is 6.07 Å². The van der Waals surface area contributed by atoms with Gasteiger partial charge in [-0.2, -0.15) is 18.3 Å². The topological polar surface area (TPSA) is 76.9 Å². The van der Waals surface area contributed by atoms with Crippen molar-refractivity contribution in [3.8, 4) is 0 Å². The van der Waals surface area contributed by atoms with Crippen LogP contribution in [0.3, 0.4) is 0 Å². The van der Waals surface area contributed by atoms with Crippen LogP contribution in [0.4, 0.5) is 22.4 Å². The van der Waals surface area contributed by atoms with Gasteiger partial charge in [-0.25, -0.2) is 14.2 Å². The number of rotatable bonds is 5. The van der Waals surface area contributed by atoms with Crippen LogP contribution in [0.15, 0.2) is 18.2 Å². The Labute approximate surface area is 187 Å². The molecule has 2 saturated heterocycles. The van der Waals surface area contributed by atoms with E-state index >= 15 is 0 Å². The predicted octanol–water partition coefficient (Wildman–Crippen LogP) is 3.57. The zero-order valence-electron chi connectivity index (χ0n) is 17.8. The Kier molecular flexibility index (Phi) is 4.53. The number of aromatic amines is 1. The summed E-state index contributed by atoms with van der Waals surface area (Å²) in [4.78, 5) is 20.8. The van der Waals surface area contributed by atoms with E-state index < -0.39 is 17.6 Å². The Hall–Kier alpha value is -2.69. The molecule has 2 amide bonds. The van der Waals surface area contributed by atoms with Gasteiger partial charge < -0.3 is 9.80 Å². The van der Waals surface area contributed by atoms with Gasteiger partial charge in [-0.3, -0.25) is 10.4 Å². The lowest BCUT2D eigenvalue weighted by molar-refractivity contribution is -0.140. The number of benzene rings is 1. The van der Waals surface area contributed by atoms with Crippen molar-refractivity contribution in [2.45, 2.75) is 56.4 Å². The Morgan fingerprint density at radius 3 is 2.64 bits per heavy atom. The zero-order chi connectivity index (χ0) is 23.0. The molecule has 6 rings (SSSR count). The van der Waals surface area contributed by atoms with Crippen molar-refractivity contribution in [3.63, 3.8) is 0 Å². The van der Waals surface area contributed by atoms with Gasteiger partial charge in [-0.15, -0.1) is 0 Å². The number of carbonyl (C=O) groups is 1. The van der Waals surface area contributed by atoms with E-state index in [4.69, 9.17) is 0 Å². The highest BCUT2D eigenvalue weighted by molar-refractivity contribution is 5.78. The molecule has 176 valence electrons. The molecule has 2 aliphatic heterocycles. The fraction of sp³-hybridized carbons (Fsp3) is 0.591. The first-order valence-electron chi connectivity index (χ1n) is 11.3. The number of carbonyl (C=O) groups excluding carboxylic acids is 1. The lowest BCUT2D eigenvalue weighted by Gasteiger charge is -2.58. The van der Waals surface area contributed by atoms with Gasteiger partial charge in [0.2, 0.25) is 0 Å². The Morgan fingerprint density at radius 2 is 1.97 bits per heavy atom. The average molecular weight is 464 g/mol. The summed E-state index contributed by atoms with van der Waals surface area (Å²) in [5.74, 6) is 1.55. The summed E-state index contributed by atoms with van der Waals surface area (Å²) in [7, 11) is 0. The molecule has 33 heavy (non-hydrogen) atoms. The number of likely N-dealkylation sites (tertiary alicyclic amines) is 1. The summed E-state index contributed by atoms with van der Waals surface area (Å²) in [5.41, 5.74) is -0.692. The molecule has 0 radical (unpaired) electrons. The molecule has 4 aliphatic rings. The summed E-state index contributed by atoms with van der Waals surface area (Å²) in [6, 6.07) is 2.85. The third-order valence-electron chi connectivity index (χ3n) is 7.27. The summed E-state index contributed by atoms with van der Waals surface area (Å²) in [6.07, 6.45) is -0.511. The van der Waals surface area contributed by atoms with Gasteiger partial charge in [-0.05, 0) is 43.4 Å². The number of hydrogen-bond donors (Lipinski definition) is 2. The molecule has 2 aliphatic carbocycles. The van der Waals surface area contributed by atoms with Crippen LogP contribution in [0.5, 0.6) is 0 Å². The molecule has 2 aromatic rings. The number of aromatic nitrogens is 3. The van der Waals surface area contributed by atoms with E-state index in [1.165, 1.54) is 18.9 Å². The predicted molar refractivity (Wildman–Crippen MR) is 108 cm³/mol. The van der Waals surface area contributed by atoms with Gasteiger partial charge in [0.25, 0.3) is 0 Å². The number of nitrogens with zero attached hydrogens (tertiary/aromatic N) is 4. The third-order valence-corrected chi connectivity index (χ3v) is 7.27. The van der Waals surface area contributed by atoms with Gasteiger partial charge >= 0.3 is 12.2 Å². The lowest BCUT2D eigenvalue weighted by atomic mass is 9.57. The maximum atomic E-state index is 13.7. The van der Waals surface area contributed by atoms with E-state index in [9.17, 15) is 22.4 Å².